The van der Waals surface area contributed by atoms with Crippen LogP contribution in [0.2, 0.25) is 0 Å². The molecule has 0 amide bonds. The van der Waals surface area contributed by atoms with E-state index >= 15 is 0 Å². The standard InChI is InChI=1S/C9H12BrFN2.ClH/c10-7-2-1-6(9(11)4-7)3-8(13)5-12;/h1-2,4,8H,3,5,12-13H2;1H. The Bertz CT molecular complexity index is 296. The van der Waals surface area contributed by atoms with Crippen LogP contribution in [0.15, 0.2) is 22.7 Å². The van der Waals surface area contributed by atoms with Crippen molar-refractivity contribution in [1.82, 2.24) is 0 Å². The molecule has 0 bridgehead atoms. The lowest BCUT2D eigenvalue weighted by atomic mass is 10.1. The second kappa shape index (κ2) is 6.35. The van der Waals surface area contributed by atoms with Crippen LogP contribution >= 0.6 is 28.3 Å². The van der Waals surface area contributed by atoms with Gasteiger partial charge in [-0.25, -0.2) is 4.39 Å². The quantitative estimate of drug-likeness (QED) is 0.889. The predicted molar refractivity (Wildman–Crippen MR) is 62.1 cm³/mol. The topological polar surface area (TPSA) is 52.0 Å². The molecule has 0 saturated heterocycles. The summed E-state index contributed by atoms with van der Waals surface area (Å²) in [7, 11) is 0. The Hall–Kier alpha value is -0.160. The van der Waals surface area contributed by atoms with E-state index in [1.807, 2.05) is 0 Å². The molecular weight excluding hydrogens is 270 g/mol. The average Bonchev–Trinajstić information content (AvgIpc) is 2.09. The van der Waals surface area contributed by atoms with E-state index in [1.54, 1.807) is 12.1 Å². The van der Waals surface area contributed by atoms with Gasteiger partial charge in [-0.2, -0.15) is 0 Å². The van der Waals surface area contributed by atoms with E-state index in [9.17, 15) is 4.39 Å². The third kappa shape index (κ3) is 3.92. The fraction of sp³-hybridized carbons (Fsp3) is 0.333. The molecule has 1 atom stereocenters. The number of halogens is 3. The fourth-order valence-corrected chi connectivity index (χ4v) is 1.39. The Balaban J connectivity index is 0.00000169. The zero-order chi connectivity index (χ0) is 9.84. The lowest BCUT2D eigenvalue weighted by Gasteiger charge is -2.09. The maximum Gasteiger partial charge on any atom is 0.127 e. The van der Waals surface area contributed by atoms with Crippen LogP contribution in [0.1, 0.15) is 5.56 Å². The Morgan fingerprint density at radius 1 is 1.43 bits per heavy atom. The van der Waals surface area contributed by atoms with E-state index in [-0.39, 0.29) is 24.3 Å². The average molecular weight is 284 g/mol. The van der Waals surface area contributed by atoms with Gasteiger partial charge in [-0.1, -0.05) is 22.0 Å². The summed E-state index contributed by atoms with van der Waals surface area (Å²) < 4.78 is 14.0. The highest BCUT2D eigenvalue weighted by Crippen LogP contribution is 2.15. The summed E-state index contributed by atoms with van der Waals surface area (Å²) in [5.41, 5.74) is 11.6. The van der Waals surface area contributed by atoms with Crippen LogP contribution in [0.4, 0.5) is 4.39 Å². The highest BCUT2D eigenvalue weighted by Gasteiger charge is 2.06. The van der Waals surface area contributed by atoms with Gasteiger partial charge in [-0.05, 0) is 24.1 Å². The molecule has 5 heteroatoms. The smallest absolute Gasteiger partial charge is 0.127 e. The van der Waals surface area contributed by atoms with Crippen molar-refractivity contribution in [2.75, 3.05) is 6.54 Å². The van der Waals surface area contributed by atoms with E-state index in [2.05, 4.69) is 15.9 Å². The number of rotatable bonds is 3. The molecule has 1 aromatic rings. The van der Waals surface area contributed by atoms with Crippen LogP contribution in [0.5, 0.6) is 0 Å². The molecule has 0 saturated carbocycles. The second-order valence-corrected chi connectivity index (χ2v) is 3.85. The van der Waals surface area contributed by atoms with Gasteiger partial charge >= 0.3 is 0 Å². The molecule has 0 heterocycles. The van der Waals surface area contributed by atoms with Gasteiger partial charge in [0.15, 0.2) is 0 Å². The third-order valence-electron chi connectivity index (χ3n) is 1.80. The van der Waals surface area contributed by atoms with Gasteiger partial charge in [-0.15, -0.1) is 12.4 Å². The Kier molecular flexibility index (Phi) is 6.27. The summed E-state index contributed by atoms with van der Waals surface area (Å²) in [6, 6.07) is 4.77. The summed E-state index contributed by atoms with van der Waals surface area (Å²) in [4.78, 5) is 0. The van der Waals surface area contributed by atoms with Crippen molar-refractivity contribution < 1.29 is 4.39 Å². The summed E-state index contributed by atoms with van der Waals surface area (Å²) in [5.74, 6) is -0.238. The van der Waals surface area contributed by atoms with Crippen LogP contribution in [-0.4, -0.2) is 12.6 Å². The molecule has 0 aliphatic rings. The van der Waals surface area contributed by atoms with Crippen molar-refractivity contribution in [2.24, 2.45) is 11.5 Å². The van der Waals surface area contributed by atoms with E-state index in [1.165, 1.54) is 6.07 Å². The van der Waals surface area contributed by atoms with Crippen molar-refractivity contribution in [3.8, 4) is 0 Å². The first kappa shape index (κ1) is 13.8. The third-order valence-corrected chi connectivity index (χ3v) is 2.29. The molecule has 14 heavy (non-hydrogen) atoms. The normalized spacial score (nSPS) is 12.0. The van der Waals surface area contributed by atoms with Crippen molar-refractivity contribution >= 4 is 28.3 Å². The highest BCUT2D eigenvalue weighted by atomic mass is 79.9. The van der Waals surface area contributed by atoms with E-state index in [4.69, 9.17) is 11.5 Å². The number of nitrogens with two attached hydrogens (primary N) is 2. The maximum absolute atomic E-state index is 13.2. The van der Waals surface area contributed by atoms with Crippen LogP contribution in [0.25, 0.3) is 0 Å². The second-order valence-electron chi connectivity index (χ2n) is 2.94. The van der Waals surface area contributed by atoms with Crippen molar-refractivity contribution in [3.05, 3.63) is 34.1 Å². The molecule has 0 aromatic heterocycles. The first-order chi connectivity index (χ1) is 6.13. The van der Waals surface area contributed by atoms with Gasteiger partial charge in [0.05, 0.1) is 0 Å². The van der Waals surface area contributed by atoms with Gasteiger partial charge in [0.1, 0.15) is 5.82 Å². The minimum absolute atomic E-state index is 0. The maximum atomic E-state index is 13.2. The molecule has 2 nitrogen and oxygen atoms in total. The minimum atomic E-state index is -0.238. The Labute approximate surface area is 97.4 Å². The Morgan fingerprint density at radius 3 is 2.57 bits per heavy atom. The monoisotopic (exact) mass is 282 g/mol. The van der Waals surface area contributed by atoms with Crippen LogP contribution in [0, 0.1) is 5.82 Å². The lowest BCUT2D eigenvalue weighted by Crippen LogP contribution is -2.31. The molecule has 80 valence electrons. The van der Waals surface area contributed by atoms with Crippen molar-refractivity contribution in [1.29, 1.82) is 0 Å². The molecule has 0 aliphatic carbocycles. The number of hydrogen-bond donors (Lipinski definition) is 2. The fourth-order valence-electron chi connectivity index (χ4n) is 1.05. The molecule has 1 aromatic carbocycles. The van der Waals surface area contributed by atoms with Gasteiger partial charge in [0.25, 0.3) is 0 Å². The summed E-state index contributed by atoms with van der Waals surface area (Å²) >= 11 is 3.18. The molecule has 1 rings (SSSR count). The molecule has 0 aliphatic heterocycles. The molecular formula is C9H13BrClFN2. The van der Waals surface area contributed by atoms with E-state index < -0.39 is 0 Å². The first-order valence-corrected chi connectivity index (χ1v) is 4.82. The number of benzene rings is 1. The van der Waals surface area contributed by atoms with Crippen LogP contribution < -0.4 is 11.5 Å². The molecule has 1 unspecified atom stereocenters. The predicted octanol–water partition coefficient (Wildman–Crippen LogP) is 1.84. The van der Waals surface area contributed by atoms with Crippen LogP contribution in [-0.2, 0) is 6.42 Å². The van der Waals surface area contributed by atoms with Gasteiger partial charge in [-0.3, -0.25) is 0 Å². The SMILES string of the molecule is Cl.NCC(N)Cc1ccc(Br)cc1F. The zero-order valence-corrected chi connectivity index (χ0v) is 9.94. The van der Waals surface area contributed by atoms with Crippen molar-refractivity contribution in [3.63, 3.8) is 0 Å². The van der Waals surface area contributed by atoms with Gasteiger partial charge < -0.3 is 11.5 Å². The van der Waals surface area contributed by atoms with Gasteiger partial charge in [0.2, 0.25) is 0 Å². The largest absolute Gasteiger partial charge is 0.329 e. The van der Waals surface area contributed by atoms with E-state index in [0.717, 1.165) is 4.47 Å². The summed E-state index contributed by atoms with van der Waals surface area (Å²) in [5, 5.41) is 0. The summed E-state index contributed by atoms with van der Waals surface area (Å²) in [6.45, 7) is 0.371. The highest BCUT2D eigenvalue weighted by molar-refractivity contribution is 9.10. The molecule has 0 radical (unpaired) electrons. The van der Waals surface area contributed by atoms with E-state index in [0.29, 0.717) is 18.5 Å². The molecule has 4 N–H and O–H groups in total. The Morgan fingerprint density at radius 2 is 2.07 bits per heavy atom. The lowest BCUT2D eigenvalue weighted by molar-refractivity contribution is 0.587. The van der Waals surface area contributed by atoms with Crippen molar-refractivity contribution in [2.45, 2.75) is 12.5 Å². The minimum Gasteiger partial charge on any atom is -0.329 e. The molecule has 0 fully saturated rings. The van der Waals surface area contributed by atoms with Gasteiger partial charge in [0, 0.05) is 17.1 Å². The summed E-state index contributed by atoms with van der Waals surface area (Å²) in [6.07, 6.45) is 0.482. The van der Waals surface area contributed by atoms with Crippen LogP contribution in [0.3, 0.4) is 0 Å². The zero-order valence-electron chi connectivity index (χ0n) is 7.54. The molecule has 0 spiro atoms. The number of hydrogen-bond acceptors (Lipinski definition) is 2. The first-order valence-electron chi connectivity index (χ1n) is 4.03.